The molecule has 0 atom stereocenters. The maximum atomic E-state index is 6.81. The highest BCUT2D eigenvalue weighted by Crippen LogP contribution is 2.33. The van der Waals surface area contributed by atoms with Gasteiger partial charge in [-0.2, -0.15) is 0 Å². The molecule has 0 aromatic carbocycles. The van der Waals surface area contributed by atoms with Crippen LogP contribution in [0.1, 0.15) is 67.2 Å². The summed E-state index contributed by atoms with van der Waals surface area (Å²) in [6, 6.07) is 0. The lowest BCUT2D eigenvalue weighted by atomic mass is 10.5. The number of rotatable bonds is 14. The minimum absolute atomic E-state index is 0.562. The van der Waals surface area contributed by atoms with Crippen LogP contribution in [-0.4, -0.2) is 42.2 Å². The molecule has 8 heteroatoms. The minimum Gasteiger partial charge on any atom is -0.380 e. The van der Waals surface area contributed by atoms with Gasteiger partial charge >= 0.3 is 15.7 Å². The zero-order valence-corrected chi connectivity index (χ0v) is 19.6. The van der Waals surface area contributed by atoms with E-state index in [2.05, 4.69) is 0 Å². The van der Waals surface area contributed by atoms with Gasteiger partial charge in [0.2, 0.25) is 0 Å². The lowest BCUT2D eigenvalue weighted by molar-refractivity contribution is 0.188. The second-order valence-electron chi connectivity index (χ2n) is 5.72. The van der Waals surface area contributed by atoms with E-state index < -0.39 is 15.7 Å². The Morgan fingerprint density at radius 3 is 0.958 bits per heavy atom. The van der Waals surface area contributed by atoms with Crippen molar-refractivity contribution in [2.24, 2.45) is 0 Å². The third-order valence-corrected chi connectivity index (χ3v) is 11.5. The fraction of sp³-hybridized carbons (Fsp3) is 0.875. The quantitative estimate of drug-likeness (QED) is 0.278. The molecule has 24 heavy (non-hydrogen) atoms. The van der Waals surface area contributed by atoms with E-state index in [1.165, 1.54) is 0 Å². The molecule has 0 radical (unpaired) electrons. The molecule has 0 heterocycles. The van der Waals surface area contributed by atoms with Crippen LogP contribution >= 0.6 is 22.2 Å². The highest BCUT2D eigenvalue weighted by molar-refractivity contribution is 7.20. The van der Waals surface area contributed by atoms with Crippen LogP contribution in [-0.2, 0) is 17.7 Å². The zero-order chi connectivity index (χ0) is 18.6. The monoisotopic (exact) mass is 416 g/mol. The molecule has 0 spiro atoms. The molecule has 0 N–H and O–H groups in total. The van der Waals surface area contributed by atoms with Crippen molar-refractivity contribution >= 4 is 37.9 Å². The predicted octanol–water partition coefficient (Wildman–Crippen LogP) is 5.46. The Morgan fingerprint density at radius 2 is 0.792 bits per heavy atom. The van der Waals surface area contributed by atoms with Crippen molar-refractivity contribution in [3.63, 3.8) is 0 Å². The van der Waals surface area contributed by atoms with Crippen LogP contribution < -0.4 is 0 Å². The maximum Gasteiger partial charge on any atom is 0.473 e. The predicted molar refractivity (Wildman–Crippen MR) is 107 cm³/mol. The first-order valence-corrected chi connectivity index (χ1v) is 14.6. The van der Waals surface area contributed by atoms with Gasteiger partial charge in [0, 0.05) is 26.4 Å². The summed E-state index contributed by atoms with van der Waals surface area (Å²) in [6.07, 6.45) is 3.52. The first-order valence-electron chi connectivity index (χ1n) is 8.93. The second kappa shape index (κ2) is 12.9. The average Bonchev–Trinajstić information content (AvgIpc) is 2.59. The van der Waals surface area contributed by atoms with Crippen LogP contribution in [0.25, 0.3) is 0 Å². The van der Waals surface area contributed by atoms with Crippen molar-refractivity contribution in [1.82, 2.24) is 0 Å². The van der Waals surface area contributed by atoms with E-state index in [0.717, 1.165) is 36.1 Å². The topological polar surface area (TPSA) is 36.9 Å². The molecular weight excluding hydrogens is 383 g/mol. The van der Waals surface area contributed by atoms with E-state index in [9.17, 15) is 0 Å². The minimum atomic E-state index is -3.00. The van der Waals surface area contributed by atoms with Crippen molar-refractivity contribution in [2.45, 2.75) is 67.2 Å². The van der Waals surface area contributed by atoms with Gasteiger partial charge in [-0.15, -0.1) is 0 Å². The van der Waals surface area contributed by atoms with Gasteiger partial charge in [0.15, 0.2) is 0 Å². The molecule has 0 fully saturated rings. The molecular formula is C16H34Cl2O4Si2. The van der Waals surface area contributed by atoms with Gasteiger partial charge in [-0.3, -0.25) is 0 Å². The molecule has 0 aliphatic carbocycles. The third kappa shape index (κ3) is 7.87. The molecule has 0 aliphatic heterocycles. The van der Waals surface area contributed by atoms with E-state index in [1.54, 1.807) is 0 Å². The van der Waals surface area contributed by atoms with Gasteiger partial charge in [-0.05, 0) is 49.9 Å². The standard InChI is InChI=1S/C16H34Cl2O4Si2/c1-7-11-19-23(17,20-12-8-2)15(5)16(6)24(18,21-13-9-3)22-14-10-4/h7-14H2,1-6H3. The summed E-state index contributed by atoms with van der Waals surface area (Å²) in [7, 11) is -6.01. The number of halogens is 2. The van der Waals surface area contributed by atoms with Crippen molar-refractivity contribution in [1.29, 1.82) is 0 Å². The lowest BCUT2D eigenvalue weighted by Gasteiger charge is -2.31. The summed E-state index contributed by atoms with van der Waals surface area (Å²) >= 11 is 13.6. The lowest BCUT2D eigenvalue weighted by Crippen LogP contribution is -2.45. The molecule has 144 valence electrons. The molecule has 0 saturated heterocycles. The van der Waals surface area contributed by atoms with Gasteiger partial charge in [0.25, 0.3) is 0 Å². The second-order valence-corrected chi connectivity index (χ2v) is 13.5. The Bertz CT molecular complexity index is 331. The maximum absolute atomic E-state index is 6.81. The summed E-state index contributed by atoms with van der Waals surface area (Å²) in [6.45, 7) is 14.3. The van der Waals surface area contributed by atoms with Crippen LogP contribution in [0.5, 0.6) is 0 Å². The smallest absolute Gasteiger partial charge is 0.380 e. The summed E-state index contributed by atoms with van der Waals surface area (Å²) in [5.41, 5.74) is 0. The van der Waals surface area contributed by atoms with Crippen LogP contribution in [0.4, 0.5) is 0 Å². The van der Waals surface area contributed by atoms with Crippen LogP contribution in [0, 0.1) is 0 Å². The molecule has 0 rings (SSSR count). The zero-order valence-electron chi connectivity index (χ0n) is 16.0. The third-order valence-electron chi connectivity index (χ3n) is 3.43. The van der Waals surface area contributed by atoms with Crippen molar-refractivity contribution in [3.05, 3.63) is 10.4 Å². The summed E-state index contributed by atoms with van der Waals surface area (Å²) in [5.74, 6) is 0. The average molecular weight is 418 g/mol. The molecule has 0 amide bonds. The van der Waals surface area contributed by atoms with Crippen LogP contribution in [0.3, 0.4) is 0 Å². The number of hydrogen-bond acceptors (Lipinski definition) is 4. The summed E-state index contributed by atoms with van der Waals surface area (Å²) < 4.78 is 23.8. The van der Waals surface area contributed by atoms with E-state index in [1.807, 2.05) is 41.5 Å². The van der Waals surface area contributed by atoms with E-state index in [0.29, 0.717) is 26.4 Å². The van der Waals surface area contributed by atoms with Gasteiger partial charge in [-0.1, -0.05) is 49.9 Å². The Hall–Kier alpha value is 0.594. The first-order chi connectivity index (χ1) is 11.3. The molecule has 4 nitrogen and oxygen atoms in total. The van der Waals surface area contributed by atoms with Crippen molar-refractivity contribution in [2.75, 3.05) is 26.4 Å². The van der Waals surface area contributed by atoms with Gasteiger partial charge in [0.05, 0.1) is 0 Å². The molecule has 0 saturated carbocycles. The van der Waals surface area contributed by atoms with E-state index >= 15 is 0 Å². The largest absolute Gasteiger partial charge is 0.473 e. The van der Waals surface area contributed by atoms with Gasteiger partial charge in [0.1, 0.15) is 0 Å². The first kappa shape index (κ1) is 24.6. The Kier molecular flexibility index (Phi) is 13.2. The normalized spacial score (nSPS) is 14.0. The van der Waals surface area contributed by atoms with Crippen molar-refractivity contribution in [3.8, 4) is 0 Å². The van der Waals surface area contributed by atoms with Crippen LogP contribution in [0.15, 0.2) is 10.4 Å². The Balaban J connectivity index is 5.59. The van der Waals surface area contributed by atoms with Gasteiger partial charge < -0.3 is 17.7 Å². The van der Waals surface area contributed by atoms with E-state index in [4.69, 9.17) is 39.9 Å². The van der Waals surface area contributed by atoms with E-state index in [-0.39, 0.29) is 0 Å². The molecule has 0 aromatic heterocycles. The number of hydrogen-bond donors (Lipinski definition) is 0. The Morgan fingerprint density at radius 1 is 0.583 bits per heavy atom. The van der Waals surface area contributed by atoms with Crippen molar-refractivity contribution < 1.29 is 17.7 Å². The highest BCUT2D eigenvalue weighted by Gasteiger charge is 2.47. The SMILES string of the molecule is CCCO[Si](Cl)(OCCC)C(C)=C(C)[Si](Cl)(OCCC)OCCC. The summed E-state index contributed by atoms with van der Waals surface area (Å²) in [5, 5.41) is 1.72. The van der Waals surface area contributed by atoms with Crippen LogP contribution in [0.2, 0.25) is 0 Å². The fourth-order valence-corrected chi connectivity index (χ4v) is 8.93. The Labute approximate surface area is 159 Å². The van der Waals surface area contributed by atoms with Gasteiger partial charge in [-0.25, -0.2) is 0 Å². The molecule has 0 unspecified atom stereocenters. The highest BCUT2D eigenvalue weighted by atomic mass is 35.6. The molecule has 0 aliphatic rings. The fourth-order valence-electron chi connectivity index (χ4n) is 1.90. The molecule has 0 aromatic rings. The summed E-state index contributed by atoms with van der Waals surface area (Å²) in [4.78, 5) is 0. The molecule has 0 bridgehead atoms. The number of allylic oxidation sites excluding steroid dienone is 2.